The van der Waals surface area contributed by atoms with Gasteiger partial charge in [0.05, 0.1) is 0 Å². The minimum atomic E-state index is 0.410. The molecule has 4 nitrogen and oxygen atoms in total. The Hall–Kier alpha value is -0.870. The Balaban J connectivity index is 1.82. The second-order valence-corrected chi connectivity index (χ2v) is 5.12. The smallest absolute Gasteiger partial charge is 0.0492 e. The van der Waals surface area contributed by atoms with E-state index in [9.17, 15) is 0 Å². The van der Waals surface area contributed by atoms with Crippen molar-refractivity contribution in [3.63, 3.8) is 0 Å². The van der Waals surface area contributed by atoms with Crippen molar-refractivity contribution in [2.24, 2.45) is 18.7 Å². The summed E-state index contributed by atoms with van der Waals surface area (Å²) in [5.41, 5.74) is 7.44. The lowest BCUT2D eigenvalue weighted by Crippen LogP contribution is -2.47. The third-order valence-electron chi connectivity index (χ3n) is 4.01. The van der Waals surface area contributed by atoms with Gasteiger partial charge < -0.3 is 10.6 Å². The number of rotatable bonds is 4. The number of nitrogens with zero attached hydrogens (tertiary/aromatic N) is 3. The molecule has 1 aromatic rings. The lowest BCUT2D eigenvalue weighted by molar-refractivity contribution is 0.153. The number of piperidine rings is 1. The summed E-state index contributed by atoms with van der Waals surface area (Å²) in [6.45, 7) is 5.68. The maximum absolute atomic E-state index is 6.13. The summed E-state index contributed by atoms with van der Waals surface area (Å²) in [6, 6.07) is 2.51. The van der Waals surface area contributed by atoms with Crippen LogP contribution in [0.15, 0.2) is 12.3 Å². The van der Waals surface area contributed by atoms with E-state index in [0.29, 0.717) is 12.0 Å². The highest BCUT2D eigenvalue weighted by atomic mass is 15.3. The Morgan fingerprint density at radius 2 is 2.35 bits per heavy atom. The van der Waals surface area contributed by atoms with Gasteiger partial charge in [0.2, 0.25) is 0 Å². The zero-order valence-electron chi connectivity index (χ0n) is 11.0. The molecule has 0 radical (unpaired) electrons. The summed E-state index contributed by atoms with van der Waals surface area (Å²) in [5, 5.41) is 4.20. The van der Waals surface area contributed by atoms with E-state index in [-0.39, 0.29) is 0 Å². The average molecular weight is 236 g/mol. The third kappa shape index (κ3) is 3.07. The van der Waals surface area contributed by atoms with Crippen molar-refractivity contribution in [1.82, 2.24) is 14.7 Å². The fraction of sp³-hybridized carbons (Fsp3) is 0.769. The van der Waals surface area contributed by atoms with Gasteiger partial charge in [-0.25, -0.2) is 0 Å². The van der Waals surface area contributed by atoms with E-state index in [2.05, 4.69) is 23.0 Å². The molecule has 2 atom stereocenters. The molecule has 0 bridgehead atoms. The van der Waals surface area contributed by atoms with Gasteiger partial charge in [0.1, 0.15) is 0 Å². The predicted molar refractivity (Wildman–Crippen MR) is 69.7 cm³/mol. The van der Waals surface area contributed by atoms with Crippen molar-refractivity contribution in [3.8, 4) is 0 Å². The van der Waals surface area contributed by atoms with Gasteiger partial charge in [-0.15, -0.1) is 0 Å². The van der Waals surface area contributed by atoms with Crippen molar-refractivity contribution in [1.29, 1.82) is 0 Å². The van der Waals surface area contributed by atoms with Crippen LogP contribution in [0.4, 0.5) is 0 Å². The molecule has 96 valence electrons. The molecular formula is C13H24N4. The van der Waals surface area contributed by atoms with Gasteiger partial charge in [-0.2, -0.15) is 5.10 Å². The summed E-state index contributed by atoms with van der Waals surface area (Å²) in [7, 11) is 2.01. The van der Waals surface area contributed by atoms with Crippen LogP contribution in [0, 0.1) is 5.92 Å². The van der Waals surface area contributed by atoms with Crippen LogP contribution >= 0.6 is 0 Å². The fourth-order valence-corrected chi connectivity index (χ4v) is 2.68. The summed E-state index contributed by atoms with van der Waals surface area (Å²) >= 11 is 0. The maximum atomic E-state index is 6.13. The van der Waals surface area contributed by atoms with Crippen molar-refractivity contribution >= 4 is 0 Å². The molecule has 0 spiro atoms. The first-order chi connectivity index (χ1) is 8.20. The summed E-state index contributed by atoms with van der Waals surface area (Å²) in [6.07, 6.45) is 5.30. The topological polar surface area (TPSA) is 47.1 Å². The lowest BCUT2D eigenvalue weighted by Gasteiger charge is -2.36. The van der Waals surface area contributed by atoms with E-state index in [1.165, 1.54) is 12.1 Å². The molecule has 0 aromatic carbocycles. The van der Waals surface area contributed by atoms with Gasteiger partial charge in [-0.3, -0.25) is 4.68 Å². The SMILES string of the molecule is CCC1CN(CCc2ccnn2C)CCC1N. The zero-order valence-corrected chi connectivity index (χ0v) is 11.0. The van der Waals surface area contributed by atoms with E-state index in [0.717, 1.165) is 32.5 Å². The molecule has 2 heterocycles. The molecule has 2 unspecified atom stereocenters. The van der Waals surface area contributed by atoms with Crippen LogP contribution in [0.2, 0.25) is 0 Å². The van der Waals surface area contributed by atoms with E-state index in [1.807, 2.05) is 17.9 Å². The van der Waals surface area contributed by atoms with Gasteiger partial charge in [0.25, 0.3) is 0 Å². The molecule has 1 aliphatic rings. The molecule has 0 aliphatic carbocycles. The second kappa shape index (κ2) is 5.65. The Morgan fingerprint density at radius 3 is 3.00 bits per heavy atom. The molecule has 1 saturated heterocycles. The number of hydrogen-bond donors (Lipinski definition) is 1. The monoisotopic (exact) mass is 236 g/mol. The Morgan fingerprint density at radius 1 is 1.53 bits per heavy atom. The summed E-state index contributed by atoms with van der Waals surface area (Å²) < 4.78 is 1.97. The van der Waals surface area contributed by atoms with Crippen molar-refractivity contribution in [2.75, 3.05) is 19.6 Å². The normalized spacial score (nSPS) is 26.3. The molecule has 4 heteroatoms. The van der Waals surface area contributed by atoms with Gasteiger partial charge in [0, 0.05) is 44.5 Å². The van der Waals surface area contributed by atoms with Crippen LogP contribution in [0.1, 0.15) is 25.5 Å². The van der Waals surface area contributed by atoms with Crippen molar-refractivity contribution in [2.45, 2.75) is 32.2 Å². The van der Waals surface area contributed by atoms with Gasteiger partial charge in [0.15, 0.2) is 0 Å². The van der Waals surface area contributed by atoms with E-state index < -0.39 is 0 Å². The number of aromatic nitrogens is 2. The average Bonchev–Trinajstić information content (AvgIpc) is 2.74. The highest BCUT2D eigenvalue weighted by molar-refractivity contribution is 5.00. The number of hydrogen-bond acceptors (Lipinski definition) is 3. The second-order valence-electron chi connectivity index (χ2n) is 5.12. The molecule has 1 aliphatic heterocycles. The largest absolute Gasteiger partial charge is 0.327 e. The van der Waals surface area contributed by atoms with Crippen LogP contribution in [0.25, 0.3) is 0 Å². The first-order valence-electron chi connectivity index (χ1n) is 6.65. The zero-order chi connectivity index (χ0) is 12.3. The summed E-state index contributed by atoms with van der Waals surface area (Å²) in [4.78, 5) is 2.55. The van der Waals surface area contributed by atoms with Crippen LogP contribution in [-0.4, -0.2) is 40.4 Å². The first-order valence-corrected chi connectivity index (χ1v) is 6.65. The molecule has 1 fully saturated rings. The summed E-state index contributed by atoms with van der Waals surface area (Å²) in [5.74, 6) is 0.676. The molecule has 2 rings (SSSR count). The van der Waals surface area contributed by atoms with Crippen molar-refractivity contribution < 1.29 is 0 Å². The standard InChI is InChI=1S/C13H24N4/c1-3-11-10-17(9-6-13(11)14)8-5-12-4-7-15-16(12)2/h4,7,11,13H,3,5-6,8-10,14H2,1-2H3. The minimum absolute atomic E-state index is 0.410. The fourth-order valence-electron chi connectivity index (χ4n) is 2.68. The van der Waals surface area contributed by atoms with Crippen LogP contribution < -0.4 is 5.73 Å². The van der Waals surface area contributed by atoms with Crippen molar-refractivity contribution in [3.05, 3.63) is 18.0 Å². The van der Waals surface area contributed by atoms with Gasteiger partial charge in [-0.1, -0.05) is 13.3 Å². The first kappa shape index (κ1) is 12.6. The quantitative estimate of drug-likeness (QED) is 0.849. The van der Waals surface area contributed by atoms with E-state index in [1.54, 1.807) is 0 Å². The molecule has 1 aromatic heterocycles. The molecule has 0 saturated carbocycles. The predicted octanol–water partition coefficient (Wildman–Crippen LogP) is 1.02. The van der Waals surface area contributed by atoms with Gasteiger partial charge >= 0.3 is 0 Å². The molecule has 17 heavy (non-hydrogen) atoms. The number of aryl methyl sites for hydroxylation is 1. The minimum Gasteiger partial charge on any atom is -0.327 e. The number of nitrogens with two attached hydrogens (primary N) is 1. The van der Waals surface area contributed by atoms with Gasteiger partial charge in [-0.05, 0) is 24.9 Å². The van der Waals surface area contributed by atoms with Crippen LogP contribution in [0.5, 0.6) is 0 Å². The molecular weight excluding hydrogens is 212 g/mol. The highest BCUT2D eigenvalue weighted by Gasteiger charge is 2.24. The lowest BCUT2D eigenvalue weighted by atomic mass is 9.90. The maximum Gasteiger partial charge on any atom is 0.0492 e. The Labute approximate surface area is 104 Å². The van der Waals surface area contributed by atoms with Crippen LogP contribution in [-0.2, 0) is 13.5 Å². The third-order valence-corrected chi connectivity index (χ3v) is 4.01. The highest BCUT2D eigenvalue weighted by Crippen LogP contribution is 2.18. The Kier molecular flexibility index (Phi) is 4.18. The number of likely N-dealkylation sites (tertiary alicyclic amines) is 1. The Bertz CT molecular complexity index is 347. The van der Waals surface area contributed by atoms with E-state index >= 15 is 0 Å². The van der Waals surface area contributed by atoms with Crippen LogP contribution in [0.3, 0.4) is 0 Å². The van der Waals surface area contributed by atoms with E-state index in [4.69, 9.17) is 5.73 Å². The molecule has 2 N–H and O–H groups in total. The molecule has 0 amide bonds.